The van der Waals surface area contributed by atoms with Gasteiger partial charge in [-0.1, -0.05) is 11.2 Å². The number of rotatable bonds is 6. The van der Waals surface area contributed by atoms with Gasteiger partial charge in [0, 0.05) is 23.1 Å². The molecule has 7 heteroatoms. The van der Waals surface area contributed by atoms with Gasteiger partial charge < -0.3 is 14.6 Å². The average molecular weight is 355 g/mol. The van der Waals surface area contributed by atoms with Gasteiger partial charge in [-0.2, -0.15) is 4.98 Å². The Balaban J connectivity index is 1.60. The van der Waals surface area contributed by atoms with Crippen molar-refractivity contribution in [2.75, 3.05) is 11.6 Å². The normalized spacial score (nSPS) is 10.5. The molecule has 25 heavy (non-hydrogen) atoms. The summed E-state index contributed by atoms with van der Waals surface area (Å²) in [7, 11) is 0. The first kappa shape index (κ1) is 17.0. The second kappa shape index (κ2) is 7.85. The third-order valence-electron chi connectivity index (χ3n) is 3.38. The first-order valence-corrected chi connectivity index (χ1v) is 8.84. The summed E-state index contributed by atoms with van der Waals surface area (Å²) >= 11 is 1.63. The summed E-state index contributed by atoms with van der Waals surface area (Å²) in [6, 6.07) is 14.6. The summed E-state index contributed by atoms with van der Waals surface area (Å²) in [6.07, 6.45) is 2.00. The number of carbonyl (C=O) groups is 1. The van der Waals surface area contributed by atoms with E-state index in [1.165, 1.54) is 0 Å². The number of aryl methyl sites for hydroxylation is 1. The summed E-state index contributed by atoms with van der Waals surface area (Å²) in [5.41, 5.74) is 1.32. The first-order chi connectivity index (χ1) is 12.1. The minimum Gasteiger partial charge on any atom is -0.485 e. The van der Waals surface area contributed by atoms with Crippen LogP contribution in [0.1, 0.15) is 22.1 Å². The van der Waals surface area contributed by atoms with Crippen molar-refractivity contribution in [2.24, 2.45) is 0 Å². The van der Waals surface area contributed by atoms with E-state index in [0.717, 1.165) is 10.6 Å². The van der Waals surface area contributed by atoms with E-state index in [4.69, 9.17) is 9.26 Å². The predicted octanol–water partition coefficient (Wildman–Crippen LogP) is 3.93. The average Bonchev–Trinajstić information content (AvgIpc) is 3.06. The van der Waals surface area contributed by atoms with Gasteiger partial charge in [0.1, 0.15) is 5.75 Å². The van der Waals surface area contributed by atoms with Crippen LogP contribution in [0, 0.1) is 6.92 Å². The Bertz CT molecular complexity index is 862. The molecule has 3 rings (SSSR count). The Morgan fingerprint density at radius 3 is 2.72 bits per heavy atom. The van der Waals surface area contributed by atoms with Crippen molar-refractivity contribution in [3.8, 4) is 5.75 Å². The molecule has 0 aliphatic carbocycles. The van der Waals surface area contributed by atoms with Crippen LogP contribution in [0.4, 0.5) is 5.69 Å². The Morgan fingerprint density at radius 1 is 1.24 bits per heavy atom. The number of benzene rings is 2. The number of aromatic nitrogens is 2. The van der Waals surface area contributed by atoms with Gasteiger partial charge in [-0.05, 0) is 48.7 Å². The van der Waals surface area contributed by atoms with Crippen LogP contribution in [0.2, 0.25) is 0 Å². The highest BCUT2D eigenvalue weighted by Crippen LogP contribution is 2.20. The van der Waals surface area contributed by atoms with Crippen LogP contribution in [-0.4, -0.2) is 22.3 Å². The molecule has 1 aromatic heterocycles. The predicted molar refractivity (Wildman–Crippen MR) is 96.0 cm³/mol. The zero-order valence-electron chi connectivity index (χ0n) is 13.9. The maximum Gasteiger partial charge on any atom is 0.255 e. The van der Waals surface area contributed by atoms with E-state index in [1.807, 2.05) is 30.5 Å². The van der Waals surface area contributed by atoms with Crippen LogP contribution < -0.4 is 10.1 Å². The van der Waals surface area contributed by atoms with Crippen LogP contribution >= 0.6 is 11.8 Å². The lowest BCUT2D eigenvalue weighted by Crippen LogP contribution is -2.11. The van der Waals surface area contributed by atoms with Gasteiger partial charge in [-0.25, -0.2) is 0 Å². The van der Waals surface area contributed by atoms with E-state index < -0.39 is 0 Å². The third-order valence-corrected chi connectivity index (χ3v) is 4.11. The molecule has 2 aromatic carbocycles. The molecule has 0 radical (unpaired) electrons. The van der Waals surface area contributed by atoms with E-state index in [2.05, 4.69) is 15.5 Å². The molecule has 0 atom stereocenters. The molecule has 0 unspecified atom stereocenters. The standard InChI is InChI=1S/C18H17N3O3S/c1-12-19-17(21-24-12)11-23-15-8-6-13(7-9-15)18(22)20-14-4-3-5-16(10-14)25-2/h3-10H,11H2,1-2H3,(H,20,22). The van der Waals surface area contributed by atoms with E-state index in [1.54, 1.807) is 43.0 Å². The summed E-state index contributed by atoms with van der Waals surface area (Å²) in [5, 5.41) is 6.65. The number of amides is 1. The fraction of sp³-hybridized carbons (Fsp3) is 0.167. The number of nitrogens with zero attached hydrogens (tertiary/aromatic N) is 2. The molecule has 1 N–H and O–H groups in total. The topological polar surface area (TPSA) is 77.2 Å². The minimum absolute atomic E-state index is 0.168. The highest BCUT2D eigenvalue weighted by molar-refractivity contribution is 7.98. The van der Waals surface area contributed by atoms with Gasteiger partial charge in [-0.3, -0.25) is 4.79 Å². The van der Waals surface area contributed by atoms with Gasteiger partial charge in [0.05, 0.1) is 0 Å². The largest absolute Gasteiger partial charge is 0.485 e. The van der Waals surface area contributed by atoms with Crippen molar-refractivity contribution >= 4 is 23.4 Å². The first-order valence-electron chi connectivity index (χ1n) is 7.61. The second-order valence-electron chi connectivity index (χ2n) is 5.23. The van der Waals surface area contributed by atoms with Gasteiger partial charge >= 0.3 is 0 Å². The summed E-state index contributed by atoms with van der Waals surface area (Å²) < 4.78 is 10.5. The van der Waals surface area contributed by atoms with E-state index in [0.29, 0.717) is 23.0 Å². The fourth-order valence-corrected chi connectivity index (χ4v) is 2.61. The third kappa shape index (κ3) is 4.60. The van der Waals surface area contributed by atoms with Crippen molar-refractivity contribution in [3.05, 3.63) is 65.8 Å². The number of ether oxygens (including phenoxy) is 1. The van der Waals surface area contributed by atoms with Crippen molar-refractivity contribution in [1.29, 1.82) is 0 Å². The molecular formula is C18H17N3O3S. The molecular weight excluding hydrogens is 338 g/mol. The smallest absolute Gasteiger partial charge is 0.255 e. The molecule has 0 saturated heterocycles. The van der Waals surface area contributed by atoms with Crippen molar-refractivity contribution < 1.29 is 14.1 Å². The lowest BCUT2D eigenvalue weighted by molar-refractivity contribution is 0.102. The van der Waals surface area contributed by atoms with E-state index in [9.17, 15) is 4.79 Å². The Labute approximate surface area is 149 Å². The number of thioether (sulfide) groups is 1. The van der Waals surface area contributed by atoms with Gasteiger partial charge in [0.2, 0.25) is 11.7 Å². The molecule has 0 fully saturated rings. The lowest BCUT2D eigenvalue weighted by atomic mass is 10.2. The Kier molecular flexibility index (Phi) is 5.35. The summed E-state index contributed by atoms with van der Waals surface area (Å²) in [5.74, 6) is 1.44. The van der Waals surface area contributed by atoms with E-state index in [-0.39, 0.29) is 12.5 Å². The number of hydrogen-bond donors (Lipinski definition) is 1. The number of carbonyl (C=O) groups excluding carboxylic acids is 1. The molecule has 0 aliphatic heterocycles. The highest BCUT2D eigenvalue weighted by atomic mass is 32.2. The van der Waals surface area contributed by atoms with Crippen molar-refractivity contribution in [2.45, 2.75) is 18.4 Å². The molecule has 1 amide bonds. The zero-order chi connectivity index (χ0) is 17.6. The van der Waals surface area contributed by atoms with Crippen LogP contribution in [0.15, 0.2) is 57.9 Å². The van der Waals surface area contributed by atoms with Gasteiger partial charge in [0.25, 0.3) is 5.91 Å². The van der Waals surface area contributed by atoms with Crippen LogP contribution in [0.3, 0.4) is 0 Å². The van der Waals surface area contributed by atoms with Crippen molar-refractivity contribution in [1.82, 2.24) is 10.1 Å². The number of anilines is 1. The fourth-order valence-electron chi connectivity index (χ4n) is 2.15. The molecule has 1 heterocycles. The van der Waals surface area contributed by atoms with Crippen LogP contribution in [-0.2, 0) is 6.61 Å². The summed E-state index contributed by atoms with van der Waals surface area (Å²) in [4.78, 5) is 17.5. The quantitative estimate of drug-likeness (QED) is 0.675. The van der Waals surface area contributed by atoms with Gasteiger partial charge in [-0.15, -0.1) is 11.8 Å². The van der Waals surface area contributed by atoms with Crippen LogP contribution in [0.5, 0.6) is 5.75 Å². The molecule has 3 aromatic rings. The molecule has 0 saturated carbocycles. The SMILES string of the molecule is CSc1cccc(NC(=O)c2ccc(OCc3noc(C)n3)cc2)c1. The maximum absolute atomic E-state index is 12.3. The number of nitrogens with one attached hydrogen (secondary N) is 1. The van der Waals surface area contributed by atoms with E-state index >= 15 is 0 Å². The highest BCUT2D eigenvalue weighted by Gasteiger charge is 2.08. The summed E-state index contributed by atoms with van der Waals surface area (Å²) in [6.45, 7) is 1.93. The maximum atomic E-state index is 12.3. The number of hydrogen-bond acceptors (Lipinski definition) is 6. The Hall–Kier alpha value is -2.80. The second-order valence-corrected chi connectivity index (χ2v) is 6.11. The van der Waals surface area contributed by atoms with Gasteiger partial charge in [0.15, 0.2) is 6.61 Å². The molecule has 0 aliphatic rings. The van der Waals surface area contributed by atoms with Crippen LogP contribution in [0.25, 0.3) is 0 Å². The molecule has 0 bridgehead atoms. The molecule has 128 valence electrons. The minimum atomic E-state index is -0.168. The Morgan fingerprint density at radius 2 is 2.04 bits per heavy atom. The molecule has 6 nitrogen and oxygen atoms in total. The van der Waals surface area contributed by atoms with Crippen molar-refractivity contribution in [3.63, 3.8) is 0 Å². The lowest BCUT2D eigenvalue weighted by Gasteiger charge is -2.08. The molecule has 0 spiro atoms. The monoisotopic (exact) mass is 355 g/mol. The zero-order valence-corrected chi connectivity index (χ0v) is 14.7.